The molecule has 0 saturated carbocycles. The third-order valence-electron chi connectivity index (χ3n) is 15.2. The first-order valence-electron chi connectivity index (χ1n) is 27.3. The van der Waals surface area contributed by atoms with Crippen molar-refractivity contribution in [2.45, 2.75) is 283 Å². The van der Waals surface area contributed by atoms with Gasteiger partial charge >= 0.3 is 0 Å². The lowest BCUT2D eigenvalue weighted by molar-refractivity contribution is -0.479. The molecule has 2 aromatic rings. The fourth-order valence-corrected chi connectivity index (χ4v) is 11.5. The maximum Gasteiger partial charge on any atom is 0.294 e. The minimum absolute atomic E-state index is 0.0465. The van der Waals surface area contributed by atoms with Gasteiger partial charge in [-0.15, -0.1) is 0 Å². The Morgan fingerprint density at radius 3 is 1.51 bits per heavy atom. The van der Waals surface area contributed by atoms with Crippen molar-refractivity contribution in [1.82, 2.24) is 0 Å². The predicted octanol–water partition coefficient (Wildman–Crippen LogP) is 18.0. The van der Waals surface area contributed by atoms with Gasteiger partial charge < -0.3 is 4.90 Å². The highest BCUT2D eigenvalue weighted by Crippen LogP contribution is 2.50. The summed E-state index contributed by atoms with van der Waals surface area (Å²) in [5.74, 6) is 0. The third kappa shape index (κ3) is 16.5. The second kappa shape index (κ2) is 28.0. The summed E-state index contributed by atoms with van der Waals surface area (Å²) >= 11 is 0. The lowest BCUT2D eigenvalue weighted by Gasteiger charge is -2.31. The van der Waals surface area contributed by atoms with E-state index in [1.807, 2.05) is 6.07 Å². The first kappa shape index (κ1) is 54.9. The van der Waals surface area contributed by atoms with Gasteiger partial charge in [-0.25, -0.2) is 0 Å². The van der Waals surface area contributed by atoms with Crippen LogP contribution in [0.5, 0.6) is 0 Å². The monoisotopic (exact) mass is 914 g/mol. The molecule has 0 amide bonds. The highest BCUT2D eigenvalue weighted by molar-refractivity contribution is 7.85. The lowest BCUT2D eigenvalue weighted by Crippen LogP contribution is -2.34. The van der Waals surface area contributed by atoms with E-state index in [0.717, 1.165) is 36.2 Å². The number of allylic oxidation sites excluding steroid dienone is 1. The van der Waals surface area contributed by atoms with Crippen LogP contribution in [0.1, 0.15) is 265 Å². The molecule has 0 aromatic heterocycles. The number of benzene rings is 2. The van der Waals surface area contributed by atoms with Crippen LogP contribution in [0.15, 0.2) is 58.8 Å². The van der Waals surface area contributed by atoms with Crippen LogP contribution in [0.2, 0.25) is 0 Å². The first-order chi connectivity index (χ1) is 31.2. The Labute approximate surface area is 401 Å². The summed E-state index contributed by atoms with van der Waals surface area (Å²) in [5.41, 5.74) is 11.5. The molecule has 0 saturated heterocycles. The van der Waals surface area contributed by atoms with Crippen molar-refractivity contribution >= 4 is 27.2 Å². The molecule has 6 heteroatoms. The van der Waals surface area contributed by atoms with Gasteiger partial charge in [0, 0.05) is 35.2 Å². The summed E-state index contributed by atoms with van der Waals surface area (Å²) in [7, 11) is -4.35. The van der Waals surface area contributed by atoms with Crippen molar-refractivity contribution in [3.8, 4) is 0 Å². The lowest BCUT2D eigenvalue weighted by atomic mass is 9.80. The summed E-state index contributed by atoms with van der Waals surface area (Å²) in [6, 6.07) is 12.7. The third-order valence-corrected chi connectivity index (χ3v) is 16.0. The Morgan fingerprint density at radius 1 is 0.600 bits per heavy atom. The molecular formula is C59H97N2O3S+. The SMILES string of the molecule is CCCCCCCCCCCCCCCCC(C)N1C(=C=CC2=[N+](C(C)CCCCCCCCCCCCCCCC)c3ccc(C)cc3C2(C)C)C(C)(C)c2cc(S(=O)(=O)O)ccc21. The molecule has 5 nitrogen and oxygen atoms in total. The van der Waals surface area contributed by atoms with Crippen molar-refractivity contribution in [1.29, 1.82) is 0 Å². The van der Waals surface area contributed by atoms with Gasteiger partial charge in [0.05, 0.1) is 22.1 Å². The van der Waals surface area contributed by atoms with Gasteiger partial charge in [0.15, 0.2) is 11.8 Å². The minimum Gasteiger partial charge on any atom is -0.335 e. The van der Waals surface area contributed by atoms with Gasteiger partial charge in [-0.2, -0.15) is 13.0 Å². The molecule has 2 aliphatic heterocycles. The van der Waals surface area contributed by atoms with E-state index in [0.29, 0.717) is 6.04 Å². The maximum atomic E-state index is 12.4. The molecule has 2 atom stereocenters. The molecule has 1 N–H and O–H groups in total. The van der Waals surface area contributed by atoms with E-state index >= 15 is 0 Å². The molecule has 2 aliphatic rings. The van der Waals surface area contributed by atoms with E-state index in [-0.39, 0.29) is 16.4 Å². The van der Waals surface area contributed by atoms with Crippen LogP contribution in [0.25, 0.3) is 0 Å². The van der Waals surface area contributed by atoms with Crippen molar-refractivity contribution in [3.63, 3.8) is 0 Å². The molecule has 0 radical (unpaired) electrons. The molecule has 0 aliphatic carbocycles. The fraction of sp³-hybridized carbons (Fsp3) is 0.729. The van der Waals surface area contributed by atoms with Gasteiger partial charge in [0.2, 0.25) is 5.69 Å². The first-order valence-corrected chi connectivity index (χ1v) is 28.8. The minimum atomic E-state index is -4.35. The Kier molecular flexibility index (Phi) is 23.7. The summed E-state index contributed by atoms with van der Waals surface area (Å²) in [6.07, 6.45) is 42.5. The van der Waals surface area contributed by atoms with Crippen LogP contribution < -0.4 is 4.90 Å². The van der Waals surface area contributed by atoms with Crippen molar-refractivity contribution in [2.24, 2.45) is 0 Å². The molecule has 366 valence electrons. The molecule has 2 aromatic carbocycles. The number of anilines is 1. The number of aryl methyl sites for hydroxylation is 1. The maximum absolute atomic E-state index is 12.4. The zero-order chi connectivity index (χ0) is 47.3. The highest BCUT2D eigenvalue weighted by atomic mass is 32.2. The second-order valence-corrected chi connectivity index (χ2v) is 23.1. The number of nitrogens with zero attached hydrogens (tertiary/aromatic N) is 2. The topological polar surface area (TPSA) is 60.6 Å². The normalized spacial score (nSPS) is 16.2. The van der Waals surface area contributed by atoms with Crippen LogP contribution >= 0.6 is 0 Å². The zero-order valence-corrected chi connectivity index (χ0v) is 44.3. The number of fused-ring (bicyclic) bond motifs is 2. The predicted molar refractivity (Wildman–Crippen MR) is 281 cm³/mol. The van der Waals surface area contributed by atoms with Gasteiger partial charge in [0.25, 0.3) is 10.1 Å². The molecule has 0 bridgehead atoms. The Bertz CT molecular complexity index is 1930. The quantitative estimate of drug-likeness (QED) is 0.0329. The summed E-state index contributed by atoms with van der Waals surface area (Å²) in [6.45, 7) is 20.6. The molecule has 4 rings (SSSR count). The van der Waals surface area contributed by atoms with Crippen LogP contribution in [-0.2, 0) is 20.9 Å². The molecule has 0 fully saturated rings. The average molecular weight is 915 g/mol. The highest BCUT2D eigenvalue weighted by Gasteiger charge is 2.47. The van der Waals surface area contributed by atoms with E-state index in [4.69, 9.17) is 0 Å². The Morgan fingerprint density at radius 2 is 1.05 bits per heavy atom. The smallest absolute Gasteiger partial charge is 0.294 e. The number of unbranched alkanes of at least 4 members (excludes halogenated alkanes) is 26. The van der Waals surface area contributed by atoms with Crippen LogP contribution in [0, 0.1) is 6.92 Å². The largest absolute Gasteiger partial charge is 0.335 e. The van der Waals surface area contributed by atoms with Crippen LogP contribution in [0.4, 0.5) is 11.4 Å². The molecule has 2 unspecified atom stereocenters. The number of rotatable bonds is 34. The fourth-order valence-electron chi connectivity index (χ4n) is 11.0. The summed E-state index contributed by atoms with van der Waals surface area (Å²) in [4.78, 5) is 2.39. The van der Waals surface area contributed by atoms with Gasteiger partial charge in [-0.05, 0) is 91.1 Å². The van der Waals surface area contributed by atoms with E-state index in [1.165, 1.54) is 196 Å². The van der Waals surface area contributed by atoms with Gasteiger partial charge in [-0.1, -0.05) is 205 Å². The Balaban J connectivity index is 1.46. The second-order valence-electron chi connectivity index (χ2n) is 21.7. The van der Waals surface area contributed by atoms with Crippen LogP contribution in [0.3, 0.4) is 0 Å². The summed E-state index contributed by atoms with van der Waals surface area (Å²) < 4.78 is 37.6. The van der Waals surface area contributed by atoms with E-state index < -0.39 is 15.5 Å². The zero-order valence-electron chi connectivity index (χ0n) is 43.5. The summed E-state index contributed by atoms with van der Waals surface area (Å²) in [5, 5.41) is 0. The molecule has 65 heavy (non-hydrogen) atoms. The van der Waals surface area contributed by atoms with E-state index in [9.17, 15) is 13.0 Å². The standard InChI is InChI=1S/C59H96N2O3S/c1-10-12-14-16-18-20-22-24-26-28-30-32-34-36-38-49(4)60-54-42-40-48(3)46-52(54)58(6,7)56(60)44-45-57-59(8,9)53-47-51(65(62,63)64)41-43-55(53)61(57)50(5)39-37-35-33-31-29-27-25-23-21-19-17-15-13-11-2/h40-44,46-47,49-50H,10-39H2,1-9H3/p+1. The van der Waals surface area contributed by atoms with Gasteiger partial charge in [0.1, 0.15) is 0 Å². The van der Waals surface area contributed by atoms with Crippen molar-refractivity contribution in [3.05, 3.63) is 70.6 Å². The number of hydrogen-bond acceptors (Lipinski definition) is 3. The van der Waals surface area contributed by atoms with Crippen molar-refractivity contribution in [2.75, 3.05) is 4.90 Å². The van der Waals surface area contributed by atoms with Crippen LogP contribution in [-0.4, -0.2) is 35.3 Å². The Hall–Kier alpha value is -2.66. The molecular weight excluding hydrogens is 817 g/mol. The molecule has 0 spiro atoms. The van der Waals surface area contributed by atoms with E-state index in [2.05, 4.69) is 102 Å². The van der Waals surface area contributed by atoms with Gasteiger partial charge in [-0.3, -0.25) is 4.55 Å². The number of hydrogen-bond donors (Lipinski definition) is 1. The van der Waals surface area contributed by atoms with Crippen molar-refractivity contribution < 1.29 is 17.5 Å². The average Bonchev–Trinajstić information content (AvgIpc) is 3.63. The molecule has 2 heterocycles. The van der Waals surface area contributed by atoms with E-state index in [1.54, 1.807) is 12.1 Å².